The smallest absolute Gasteiger partial charge is 0.333 e. The van der Waals surface area contributed by atoms with Crippen molar-refractivity contribution in [2.75, 3.05) is 7.11 Å². The van der Waals surface area contributed by atoms with E-state index in [1.54, 1.807) is 21.2 Å². The van der Waals surface area contributed by atoms with Crippen LogP contribution in [0.3, 0.4) is 0 Å². The molecule has 0 aliphatic rings. The number of aryl methyl sites for hydroxylation is 2. The molecule has 0 N–H and O–H groups in total. The van der Waals surface area contributed by atoms with E-state index in [-0.39, 0.29) is 11.2 Å². The minimum absolute atomic E-state index is 0.187. The average Bonchev–Trinajstić information content (AvgIpc) is 3.21. The SMILES string of the molecule is COC(=O)[C@H](C)n1c(=O)c2c(nc3n(-c4ccccc4Cl)c(C)cn23)n(C)c1=O. The Morgan fingerprint density at radius 2 is 1.93 bits per heavy atom. The average molecular weight is 416 g/mol. The molecule has 10 heteroatoms. The van der Waals surface area contributed by atoms with Crippen LogP contribution >= 0.6 is 11.6 Å². The third-order valence-corrected chi connectivity index (χ3v) is 5.32. The van der Waals surface area contributed by atoms with Gasteiger partial charge in [0.15, 0.2) is 11.2 Å². The lowest BCUT2D eigenvalue weighted by atomic mass is 10.3. The Balaban J connectivity index is 2.14. The van der Waals surface area contributed by atoms with Gasteiger partial charge in [-0.1, -0.05) is 23.7 Å². The van der Waals surface area contributed by atoms with Crippen LogP contribution in [0.15, 0.2) is 40.1 Å². The molecule has 0 aliphatic carbocycles. The van der Waals surface area contributed by atoms with Crippen LogP contribution in [-0.2, 0) is 16.6 Å². The molecular weight excluding hydrogens is 398 g/mol. The molecule has 4 rings (SSSR count). The van der Waals surface area contributed by atoms with Gasteiger partial charge >= 0.3 is 11.7 Å². The fourth-order valence-electron chi connectivity index (χ4n) is 3.53. The molecule has 0 bridgehead atoms. The van der Waals surface area contributed by atoms with Gasteiger partial charge in [0.25, 0.3) is 5.56 Å². The fourth-order valence-corrected chi connectivity index (χ4v) is 3.75. The van der Waals surface area contributed by atoms with Crippen molar-refractivity contribution in [3.05, 3.63) is 62.0 Å². The molecule has 3 heterocycles. The molecule has 0 spiro atoms. The summed E-state index contributed by atoms with van der Waals surface area (Å²) in [5, 5.41) is 0.520. The number of methoxy groups -OCH3 is 1. The van der Waals surface area contributed by atoms with E-state index < -0.39 is 23.3 Å². The van der Waals surface area contributed by atoms with E-state index in [0.717, 1.165) is 10.3 Å². The van der Waals surface area contributed by atoms with Crippen molar-refractivity contribution in [1.29, 1.82) is 0 Å². The van der Waals surface area contributed by atoms with E-state index in [0.29, 0.717) is 16.5 Å². The molecule has 0 unspecified atom stereocenters. The zero-order valence-corrected chi connectivity index (χ0v) is 17.0. The summed E-state index contributed by atoms with van der Waals surface area (Å²) < 4.78 is 10.2. The van der Waals surface area contributed by atoms with Gasteiger partial charge in [-0.3, -0.25) is 18.3 Å². The summed E-state index contributed by atoms with van der Waals surface area (Å²) in [5.74, 6) is -0.254. The second-order valence-electron chi connectivity index (χ2n) is 6.73. The Morgan fingerprint density at radius 3 is 2.59 bits per heavy atom. The maximum atomic E-state index is 13.2. The Hall–Kier alpha value is -3.33. The number of ether oxygens (including phenoxy) is 1. The fraction of sp³-hybridized carbons (Fsp3) is 0.263. The van der Waals surface area contributed by atoms with Crippen molar-refractivity contribution in [3.8, 4) is 5.69 Å². The molecule has 150 valence electrons. The lowest BCUT2D eigenvalue weighted by Crippen LogP contribution is -2.43. The highest BCUT2D eigenvalue weighted by Gasteiger charge is 2.26. The predicted molar refractivity (Wildman–Crippen MR) is 108 cm³/mol. The van der Waals surface area contributed by atoms with Gasteiger partial charge in [0.05, 0.1) is 17.8 Å². The van der Waals surface area contributed by atoms with Crippen molar-refractivity contribution >= 4 is 34.5 Å². The number of benzene rings is 1. The minimum atomic E-state index is -1.08. The van der Waals surface area contributed by atoms with E-state index in [1.807, 2.05) is 25.1 Å². The molecule has 1 atom stereocenters. The Morgan fingerprint density at radius 1 is 1.24 bits per heavy atom. The number of esters is 1. The van der Waals surface area contributed by atoms with Gasteiger partial charge in [-0.25, -0.2) is 14.2 Å². The molecule has 3 aromatic heterocycles. The molecule has 0 fully saturated rings. The van der Waals surface area contributed by atoms with Crippen molar-refractivity contribution in [2.24, 2.45) is 7.05 Å². The van der Waals surface area contributed by atoms with Crippen LogP contribution in [0.1, 0.15) is 18.7 Å². The van der Waals surface area contributed by atoms with E-state index in [4.69, 9.17) is 16.3 Å². The van der Waals surface area contributed by atoms with E-state index in [2.05, 4.69) is 4.98 Å². The first-order valence-corrected chi connectivity index (χ1v) is 9.20. The highest BCUT2D eigenvalue weighted by atomic mass is 35.5. The van der Waals surface area contributed by atoms with Crippen LogP contribution in [0, 0.1) is 6.92 Å². The number of fused-ring (bicyclic) bond motifs is 3. The van der Waals surface area contributed by atoms with Gasteiger partial charge in [-0.05, 0) is 26.0 Å². The summed E-state index contributed by atoms with van der Waals surface area (Å²) in [7, 11) is 2.71. The number of hydrogen-bond acceptors (Lipinski definition) is 5. The van der Waals surface area contributed by atoms with Gasteiger partial charge in [0.2, 0.25) is 5.78 Å². The summed E-state index contributed by atoms with van der Waals surface area (Å²) in [6, 6.07) is 6.19. The second-order valence-corrected chi connectivity index (χ2v) is 7.13. The number of hydrogen-bond donors (Lipinski definition) is 0. The highest BCUT2D eigenvalue weighted by Crippen LogP contribution is 2.26. The van der Waals surface area contributed by atoms with E-state index >= 15 is 0 Å². The molecule has 1 aromatic carbocycles. The van der Waals surface area contributed by atoms with E-state index in [9.17, 15) is 14.4 Å². The number of carbonyl (C=O) groups excluding carboxylic acids is 1. The van der Waals surface area contributed by atoms with Crippen molar-refractivity contribution in [1.82, 2.24) is 23.1 Å². The summed E-state index contributed by atoms with van der Waals surface area (Å²) in [6.45, 7) is 3.31. The van der Waals surface area contributed by atoms with Gasteiger partial charge < -0.3 is 4.74 Å². The Labute approximate surface area is 169 Å². The van der Waals surface area contributed by atoms with Crippen LogP contribution < -0.4 is 11.2 Å². The Bertz CT molecular complexity index is 1410. The maximum Gasteiger partial charge on any atom is 0.333 e. The largest absolute Gasteiger partial charge is 0.467 e. The van der Waals surface area contributed by atoms with Crippen LogP contribution in [-0.4, -0.2) is 36.2 Å². The molecule has 0 aliphatic heterocycles. The lowest BCUT2D eigenvalue weighted by molar-refractivity contribution is -0.144. The van der Waals surface area contributed by atoms with Crippen LogP contribution in [0.25, 0.3) is 22.6 Å². The van der Waals surface area contributed by atoms with Crippen LogP contribution in [0.5, 0.6) is 0 Å². The van der Waals surface area contributed by atoms with Crippen LogP contribution in [0.2, 0.25) is 5.02 Å². The minimum Gasteiger partial charge on any atom is -0.467 e. The second kappa shape index (κ2) is 6.63. The standard InChI is InChI=1S/C19H18ClN5O4/c1-10-9-23-14-15(21-18(23)24(10)13-8-6-5-7-12(13)20)22(3)19(28)25(16(14)26)11(2)17(27)29-4/h5-9,11H,1-4H3/t11-/m0/s1. The lowest BCUT2D eigenvalue weighted by Gasteiger charge is -2.13. The number of aromatic nitrogens is 5. The molecule has 0 amide bonds. The summed E-state index contributed by atoms with van der Waals surface area (Å²) in [5.41, 5.74) is 0.622. The number of rotatable bonds is 3. The number of carbonyl (C=O) groups is 1. The zero-order valence-electron chi connectivity index (χ0n) is 16.2. The molecule has 0 radical (unpaired) electrons. The first-order chi connectivity index (χ1) is 13.8. The Kier molecular flexibility index (Phi) is 4.34. The number of halogens is 1. The van der Waals surface area contributed by atoms with Gasteiger partial charge in [0, 0.05) is 18.9 Å². The molecular formula is C19H18ClN5O4. The summed E-state index contributed by atoms with van der Waals surface area (Å²) in [4.78, 5) is 42.5. The van der Waals surface area contributed by atoms with Crippen molar-refractivity contribution in [3.63, 3.8) is 0 Å². The molecule has 4 aromatic rings. The summed E-state index contributed by atoms with van der Waals surface area (Å²) >= 11 is 6.36. The third kappa shape index (κ3) is 2.61. The first-order valence-electron chi connectivity index (χ1n) is 8.82. The monoisotopic (exact) mass is 415 g/mol. The first kappa shape index (κ1) is 19.0. The van der Waals surface area contributed by atoms with E-state index in [1.165, 1.54) is 25.6 Å². The predicted octanol–water partition coefficient (Wildman–Crippen LogP) is 1.83. The number of nitrogens with zero attached hydrogens (tertiary/aromatic N) is 5. The van der Waals surface area contributed by atoms with Crippen LogP contribution in [0.4, 0.5) is 0 Å². The number of para-hydroxylation sites is 1. The number of imidazole rings is 2. The topological polar surface area (TPSA) is 92.5 Å². The van der Waals surface area contributed by atoms with Gasteiger partial charge in [-0.15, -0.1) is 0 Å². The quantitative estimate of drug-likeness (QED) is 0.476. The van der Waals surface area contributed by atoms with Gasteiger partial charge in [-0.2, -0.15) is 4.98 Å². The third-order valence-electron chi connectivity index (χ3n) is 5.00. The van der Waals surface area contributed by atoms with Gasteiger partial charge in [0.1, 0.15) is 6.04 Å². The normalized spacial score (nSPS) is 12.6. The molecule has 0 saturated heterocycles. The maximum absolute atomic E-state index is 13.2. The van der Waals surface area contributed by atoms with Crippen molar-refractivity contribution < 1.29 is 9.53 Å². The molecule has 9 nitrogen and oxygen atoms in total. The summed E-state index contributed by atoms with van der Waals surface area (Å²) in [6.07, 6.45) is 1.74. The highest BCUT2D eigenvalue weighted by molar-refractivity contribution is 6.32. The van der Waals surface area contributed by atoms with Crippen molar-refractivity contribution in [2.45, 2.75) is 19.9 Å². The molecule has 0 saturated carbocycles. The zero-order chi connectivity index (χ0) is 21.0. The molecule has 29 heavy (non-hydrogen) atoms.